The molecule has 2 aromatic heterocycles. The summed E-state index contributed by atoms with van der Waals surface area (Å²) >= 11 is 1.33. The van der Waals surface area contributed by atoms with Crippen LogP contribution in [0, 0.1) is 6.92 Å². The molecule has 2 rings (SSSR count). The number of hydrogen-bond donors (Lipinski definition) is 2. The van der Waals surface area contributed by atoms with E-state index in [2.05, 4.69) is 46.4 Å². The number of carbonyl (C=O) groups is 2. The van der Waals surface area contributed by atoms with E-state index in [0.29, 0.717) is 5.13 Å². The highest BCUT2D eigenvalue weighted by atomic mass is 32.1. The summed E-state index contributed by atoms with van der Waals surface area (Å²) in [6.07, 6.45) is 1.73. The molecular weight excluding hydrogens is 352 g/mol. The van der Waals surface area contributed by atoms with Crippen molar-refractivity contribution in [3.8, 4) is 10.6 Å². The Morgan fingerprint density at radius 2 is 1.92 bits per heavy atom. The van der Waals surface area contributed by atoms with E-state index in [9.17, 15) is 9.59 Å². The van der Waals surface area contributed by atoms with Crippen LogP contribution in [0.2, 0.25) is 0 Å². The lowest BCUT2D eigenvalue weighted by molar-refractivity contribution is -0.127. The zero-order valence-electron chi connectivity index (χ0n) is 15.9. The van der Waals surface area contributed by atoms with Crippen LogP contribution in [0.3, 0.4) is 0 Å². The topological polar surface area (TPSA) is 100 Å². The summed E-state index contributed by atoms with van der Waals surface area (Å²) < 4.78 is 0. The molecule has 140 valence electrons. The van der Waals surface area contributed by atoms with Crippen molar-refractivity contribution < 1.29 is 9.59 Å². The molecule has 8 nitrogen and oxygen atoms in total. The molecule has 0 aliphatic carbocycles. The quantitative estimate of drug-likeness (QED) is 0.853. The van der Waals surface area contributed by atoms with Crippen LogP contribution in [0.25, 0.3) is 10.6 Å². The molecule has 0 aliphatic rings. The van der Waals surface area contributed by atoms with Crippen molar-refractivity contribution in [1.29, 1.82) is 0 Å². The molecule has 0 aromatic carbocycles. The number of thiazole rings is 1. The molecule has 2 aromatic rings. The minimum Gasteiger partial charge on any atom is -0.347 e. The van der Waals surface area contributed by atoms with Gasteiger partial charge in [0, 0.05) is 25.7 Å². The van der Waals surface area contributed by atoms with Gasteiger partial charge in [0.25, 0.3) is 0 Å². The molecule has 0 unspecified atom stereocenters. The Bertz CT molecular complexity index is 810. The minimum absolute atomic E-state index is 0.0725. The number of amides is 3. The van der Waals surface area contributed by atoms with Crippen molar-refractivity contribution in [1.82, 2.24) is 25.2 Å². The highest BCUT2D eigenvalue weighted by Gasteiger charge is 2.19. The third-order valence-electron chi connectivity index (χ3n) is 3.48. The number of anilines is 1. The van der Waals surface area contributed by atoms with Crippen LogP contribution in [0.15, 0.2) is 12.3 Å². The van der Waals surface area contributed by atoms with E-state index in [-0.39, 0.29) is 17.9 Å². The standard InChI is InChI=1S/C17H24N6O2S/c1-10-13(11-7-8-18-14(21-11)17(2,3)4)26-16(20-10)22-15(25)19-9-12(24)23(5)6/h7-8H,9H2,1-6H3,(H2,19,20,22,25). The van der Waals surface area contributed by atoms with Gasteiger partial charge in [-0.2, -0.15) is 0 Å². The molecule has 2 N–H and O–H groups in total. The summed E-state index contributed by atoms with van der Waals surface area (Å²) in [5.74, 6) is 0.559. The number of carbonyl (C=O) groups excluding carboxylic acids is 2. The molecular formula is C17H24N6O2S. The predicted octanol–water partition coefficient (Wildman–Crippen LogP) is 2.42. The molecule has 0 saturated heterocycles. The van der Waals surface area contributed by atoms with Crippen LogP contribution in [0.4, 0.5) is 9.93 Å². The van der Waals surface area contributed by atoms with E-state index >= 15 is 0 Å². The first kappa shape index (κ1) is 19.8. The average molecular weight is 376 g/mol. The van der Waals surface area contributed by atoms with Gasteiger partial charge in [-0.1, -0.05) is 32.1 Å². The van der Waals surface area contributed by atoms with Gasteiger partial charge in [-0.15, -0.1) is 0 Å². The van der Waals surface area contributed by atoms with Crippen molar-refractivity contribution in [3.63, 3.8) is 0 Å². The van der Waals surface area contributed by atoms with Crippen LogP contribution >= 0.6 is 11.3 Å². The maximum Gasteiger partial charge on any atom is 0.321 e. The van der Waals surface area contributed by atoms with Crippen LogP contribution < -0.4 is 10.6 Å². The van der Waals surface area contributed by atoms with Crippen LogP contribution in [-0.2, 0) is 10.2 Å². The van der Waals surface area contributed by atoms with E-state index in [1.165, 1.54) is 16.2 Å². The average Bonchev–Trinajstić information content (AvgIpc) is 2.92. The zero-order chi connectivity index (χ0) is 19.5. The molecule has 3 amide bonds. The first-order valence-corrected chi connectivity index (χ1v) is 8.96. The van der Waals surface area contributed by atoms with Gasteiger partial charge >= 0.3 is 6.03 Å². The first-order chi connectivity index (χ1) is 12.1. The van der Waals surface area contributed by atoms with Gasteiger partial charge in [-0.05, 0) is 13.0 Å². The molecule has 2 heterocycles. The molecule has 0 fully saturated rings. The number of nitrogens with one attached hydrogen (secondary N) is 2. The number of urea groups is 1. The van der Waals surface area contributed by atoms with Crippen molar-refractivity contribution in [2.75, 3.05) is 26.0 Å². The Hall–Kier alpha value is -2.55. The van der Waals surface area contributed by atoms with Gasteiger partial charge in [-0.3, -0.25) is 10.1 Å². The Balaban J connectivity index is 2.12. The summed E-state index contributed by atoms with van der Waals surface area (Å²) in [5.41, 5.74) is 1.39. The third kappa shape index (κ3) is 4.98. The lowest BCUT2D eigenvalue weighted by atomic mass is 9.95. The van der Waals surface area contributed by atoms with Crippen LogP contribution in [0.5, 0.6) is 0 Å². The SMILES string of the molecule is Cc1nc(NC(=O)NCC(=O)N(C)C)sc1-c1ccnc(C(C)(C)C)n1. The normalized spacial score (nSPS) is 11.2. The van der Waals surface area contributed by atoms with E-state index < -0.39 is 6.03 Å². The second-order valence-corrected chi connectivity index (χ2v) is 8.04. The number of aryl methyl sites for hydroxylation is 1. The maximum atomic E-state index is 11.9. The van der Waals surface area contributed by atoms with Crippen molar-refractivity contribution in [3.05, 3.63) is 23.8 Å². The Morgan fingerprint density at radius 3 is 2.54 bits per heavy atom. The zero-order valence-corrected chi connectivity index (χ0v) is 16.7. The van der Waals surface area contributed by atoms with Crippen molar-refractivity contribution in [2.45, 2.75) is 33.1 Å². The molecule has 0 saturated carbocycles. The highest BCUT2D eigenvalue weighted by Crippen LogP contribution is 2.32. The summed E-state index contributed by atoms with van der Waals surface area (Å²) in [6, 6.07) is 1.36. The fourth-order valence-corrected chi connectivity index (χ4v) is 2.92. The highest BCUT2D eigenvalue weighted by molar-refractivity contribution is 7.19. The third-order valence-corrected chi connectivity index (χ3v) is 4.57. The van der Waals surface area contributed by atoms with E-state index in [0.717, 1.165) is 22.1 Å². The van der Waals surface area contributed by atoms with E-state index in [4.69, 9.17) is 0 Å². The lowest BCUT2D eigenvalue weighted by Crippen LogP contribution is -2.38. The molecule has 0 radical (unpaired) electrons. The summed E-state index contributed by atoms with van der Waals surface area (Å²) in [4.78, 5) is 39.1. The van der Waals surface area contributed by atoms with Gasteiger partial charge in [0.05, 0.1) is 22.8 Å². The monoisotopic (exact) mass is 376 g/mol. The second-order valence-electron chi connectivity index (χ2n) is 7.04. The van der Waals surface area contributed by atoms with Crippen LogP contribution in [0.1, 0.15) is 32.3 Å². The number of nitrogens with zero attached hydrogens (tertiary/aromatic N) is 4. The van der Waals surface area contributed by atoms with Crippen molar-refractivity contribution in [2.24, 2.45) is 0 Å². The number of likely N-dealkylation sites (N-methyl/N-ethyl adjacent to an activating group) is 1. The second kappa shape index (κ2) is 7.77. The number of hydrogen-bond acceptors (Lipinski definition) is 6. The molecule has 9 heteroatoms. The summed E-state index contributed by atoms with van der Waals surface area (Å²) in [6.45, 7) is 7.95. The molecule has 26 heavy (non-hydrogen) atoms. The van der Waals surface area contributed by atoms with Gasteiger partial charge in [-0.25, -0.2) is 19.7 Å². The van der Waals surface area contributed by atoms with Crippen molar-refractivity contribution >= 4 is 28.4 Å². The fourth-order valence-electron chi connectivity index (χ4n) is 1.99. The predicted molar refractivity (Wildman–Crippen MR) is 102 cm³/mol. The smallest absolute Gasteiger partial charge is 0.321 e. The van der Waals surface area contributed by atoms with Gasteiger partial charge in [0.15, 0.2) is 5.13 Å². The Morgan fingerprint density at radius 1 is 1.23 bits per heavy atom. The molecule has 0 aliphatic heterocycles. The summed E-state index contributed by atoms with van der Waals surface area (Å²) in [7, 11) is 3.26. The maximum absolute atomic E-state index is 11.9. The molecule has 0 atom stereocenters. The van der Waals surface area contributed by atoms with Gasteiger partial charge < -0.3 is 10.2 Å². The van der Waals surface area contributed by atoms with E-state index in [1.807, 2.05) is 13.0 Å². The fraction of sp³-hybridized carbons (Fsp3) is 0.471. The number of rotatable bonds is 4. The summed E-state index contributed by atoms with van der Waals surface area (Å²) in [5, 5.41) is 5.61. The van der Waals surface area contributed by atoms with Crippen LogP contribution in [-0.4, -0.2) is 52.4 Å². The number of aromatic nitrogens is 3. The Labute approximate surface area is 157 Å². The lowest BCUT2D eigenvalue weighted by Gasteiger charge is -2.16. The molecule has 0 spiro atoms. The van der Waals surface area contributed by atoms with Gasteiger partial charge in [0.1, 0.15) is 5.82 Å². The first-order valence-electron chi connectivity index (χ1n) is 8.14. The molecule has 0 bridgehead atoms. The minimum atomic E-state index is -0.474. The largest absolute Gasteiger partial charge is 0.347 e. The van der Waals surface area contributed by atoms with Gasteiger partial charge in [0.2, 0.25) is 5.91 Å². The van der Waals surface area contributed by atoms with E-state index in [1.54, 1.807) is 20.3 Å². The Kier molecular flexibility index (Phi) is 5.91.